The number of ether oxygens (including phenoxy) is 1. The molecule has 0 amide bonds. The molecule has 3 heteroatoms. The minimum Gasteiger partial charge on any atom is -0.424 e. The Hall–Kier alpha value is -2.60. The highest BCUT2D eigenvalue weighted by molar-refractivity contribution is 5.85. The predicted molar refractivity (Wildman–Crippen MR) is 130 cm³/mol. The molecule has 0 atom stereocenters. The van der Waals surface area contributed by atoms with Crippen LogP contribution < -0.4 is 4.74 Å². The molecule has 2 aromatic rings. The largest absolute Gasteiger partial charge is 0.424 e. The van der Waals surface area contributed by atoms with E-state index in [-0.39, 0.29) is 5.97 Å². The van der Waals surface area contributed by atoms with Gasteiger partial charge < -0.3 is 4.74 Å². The van der Waals surface area contributed by atoms with Crippen molar-refractivity contribution < 1.29 is 9.53 Å². The van der Waals surface area contributed by atoms with E-state index in [4.69, 9.17) is 4.74 Å². The fraction of sp³-hybridized carbons (Fsp3) is 0.517. The number of hydrogen-bond acceptors (Lipinski definition) is 3. The zero-order valence-corrected chi connectivity index (χ0v) is 19.8. The summed E-state index contributed by atoms with van der Waals surface area (Å²) in [5.74, 6) is 0.174. The molecule has 1 aliphatic rings. The average Bonchev–Trinajstić information content (AvgIpc) is 2.85. The second-order valence-corrected chi connectivity index (χ2v) is 9.19. The Labute approximate surface area is 193 Å². The Bertz CT molecular complexity index is 917. The van der Waals surface area contributed by atoms with Crippen LogP contribution in [0, 0.1) is 11.3 Å². The van der Waals surface area contributed by atoms with Gasteiger partial charge in [-0.05, 0) is 60.9 Å². The fourth-order valence-corrected chi connectivity index (χ4v) is 4.86. The molecule has 0 bridgehead atoms. The molecule has 0 heterocycles. The molecular formula is C29H37NO2. The number of carbonyl (C=O) groups excluding carboxylic acids is 1. The first-order valence-electron chi connectivity index (χ1n) is 12.5. The number of nitriles is 1. The summed E-state index contributed by atoms with van der Waals surface area (Å²) in [7, 11) is 0. The van der Waals surface area contributed by atoms with Crippen molar-refractivity contribution in [3.63, 3.8) is 0 Å². The van der Waals surface area contributed by atoms with Crippen molar-refractivity contribution in [2.24, 2.45) is 0 Å². The van der Waals surface area contributed by atoms with E-state index in [1.165, 1.54) is 31.2 Å². The van der Waals surface area contributed by atoms with E-state index < -0.39 is 5.41 Å². The van der Waals surface area contributed by atoms with Crippen LogP contribution in [0.4, 0.5) is 0 Å². The van der Waals surface area contributed by atoms with Gasteiger partial charge >= 0.3 is 5.97 Å². The molecule has 0 radical (unpaired) electrons. The van der Waals surface area contributed by atoms with Crippen molar-refractivity contribution in [1.29, 1.82) is 5.26 Å². The van der Waals surface area contributed by atoms with Crippen LogP contribution in [-0.4, -0.2) is 5.97 Å². The summed E-state index contributed by atoms with van der Waals surface area (Å²) in [5.41, 5.74) is 3.29. The number of nitrogens with zero attached hydrogens (tertiary/aromatic N) is 1. The number of unbranched alkanes of at least 4 members (excludes halogenated alkanes) is 4. The number of hydrogen-bond donors (Lipinski definition) is 0. The highest BCUT2D eigenvalue weighted by Crippen LogP contribution is 2.41. The van der Waals surface area contributed by atoms with Crippen molar-refractivity contribution in [3.8, 4) is 11.8 Å². The molecule has 0 spiro atoms. The van der Waals surface area contributed by atoms with Crippen LogP contribution in [0.1, 0.15) is 100 Å². The first kappa shape index (κ1) is 24.1. The lowest BCUT2D eigenvalue weighted by atomic mass is 9.69. The van der Waals surface area contributed by atoms with Gasteiger partial charge in [0.15, 0.2) is 0 Å². The number of benzene rings is 2. The molecule has 170 valence electrons. The van der Waals surface area contributed by atoms with Crippen LogP contribution >= 0.6 is 0 Å². The third-order valence-electron chi connectivity index (χ3n) is 6.95. The van der Waals surface area contributed by atoms with Crippen LogP contribution in [0.25, 0.3) is 0 Å². The van der Waals surface area contributed by atoms with Gasteiger partial charge in [-0.2, -0.15) is 5.26 Å². The number of esters is 1. The first-order chi connectivity index (χ1) is 15.6. The Morgan fingerprint density at radius 3 is 2.28 bits per heavy atom. The summed E-state index contributed by atoms with van der Waals surface area (Å²) in [6.45, 7) is 4.36. The third kappa shape index (κ3) is 5.80. The average molecular weight is 432 g/mol. The maximum absolute atomic E-state index is 13.5. The van der Waals surface area contributed by atoms with Gasteiger partial charge in [-0.15, -0.1) is 0 Å². The highest BCUT2D eigenvalue weighted by Gasteiger charge is 2.43. The SMILES string of the molecule is CCCCCCCc1ccc(OC(=O)C2(c3ccc(CC)cc3)CCCCC2)c(C#N)c1. The second-order valence-electron chi connectivity index (χ2n) is 9.19. The van der Waals surface area contributed by atoms with Crippen molar-refractivity contribution in [3.05, 3.63) is 64.7 Å². The van der Waals surface area contributed by atoms with Crippen LogP contribution in [0.5, 0.6) is 5.75 Å². The predicted octanol–water partition coefficient (Wildman–Crippen LogP) is 7.44. The van der Waals surface area contributed by atoms with Crippen molar-refractivity contribution in [2.75, 3.05) is 0 Å². The lowest BCUT2D eigenvalue weighted by molar-refractivity contribution is -0.142. The Morgan fingerprint density at radius 2 is 1.62 bits per heavy atom. The van der Waals surface area contributed by atoms with E-state index in [2.05, 4.69) is 44.2 Å². The van der Waals surface area contributed by atoms with Crippen molar-refractivity contribution >= 4 is 5.97 Å². The third-order valence-corrected chi connectivity index (χ3v) is 6.95. The minimum atomic E-state index is -0.616. The Balaban J connectivity index is 1.76. The van der Waals surface area contributed by atoms with Crippen molar-refractivity contribution in [1.82, 2.24) is 0 Å². The fourth-order valence-electron chi connectivity index (χ4n) is 4.86. The van der Waals surface area contributed by atoms with E-state index >= 15 is 0 Å². The lowest BCUT2D eigenvalue weighted by Crippen LogP contribution is -2.41. The molecule has 1 aliphatic carbocycles. The molecule has 0 aromatic heterocycles. The minimum absolute atomic E-state index is 0.217. The highest BCUT2D eigenvalue weighted by atomic mass is 16.5. The lowest BCUT2D eigenvalue weighted by Gasteiger charge is -2.35. The summed E-state index contributed by atoms with van der Waals surface area (Å²) < 4.78 is 5.94. The standard InChI is InChI=1S/C29H37NO2/c1-3-5-6-7-9-12-24-15-18-27(25(21-24)22-30)32-28(31)29(19-10-8-11-20-29)26-16-13-23(4-2)14-17-26/h13-18,21H,3-12,19-20H2,1-2H3. The maximum atomic E-state index is 13.5. The first-order valence-corrected chi connectivity index (χ1v) is 12.5. The van der Waals surface area contributed by atoms with E-state index in [1.54, 1.807) is 0 Å². The topological polar surface area (TPSA) is 50.1 Å². The number of rotatable bonds is 10. The van der Waals surface area contributed by atoms with Gasteiger partial charge in [0.2, 0.25) is 0 Å². The number of carbonyl (C=O) groups is 1. The van der Waals surface area contributed by atoms with Gasteiger partial charge in [0.1, 0.15) is 11.8 Å². The Morgan fingerprint density at radius 1 is 0.938 bits per heavy atom. The molecular weight excluding hydrogens is 394 g/mol. The summed E-state index contributed by atoms with van der Waals surface area (Å²) in [4.78, 5) is 13.5. The molecule has 3 rings (SSSR count). The molecule has 2 aromatic carbocycles. The van der Waals surface area contributed by atoms with Gasteiger partial charge in [-0.25, -0.2) is 0 Å². The number of aryl methyl sites for hydroxylation is 2. The molecule has 0 aliphatic heterocycles. The molecule has 32 heavy (non-hydrogen) atoms. The van der Waals surface area contributed by atoms with Gasteiger partial charge in [0.05, 0.1) is 11.0 Å². The van der Waals surface area contributed by atoms with E-state index in [0.29, 0.717) is 11.3 Å². The van der Waals surface area contributed by atoms with Gasteiger partial charge in [-0.1, -0.05) is 89.1 Å². The maximum Gasteiger partial charge on any atom is 0.321 e. The van der Waals surface area contributed by atoms with Gasteiger partial charge in [0.25, 0.3) is 0 Å². The summed E-state index contributed by atoms with van der Waals surface area (Å²) >= 11 is 0. The Kier molecular flexibility index (Phi) is 8.91. The van der Waals surface area contributed by atoms with Gasteiger partial charge in [-0.3, -0.25) is 4.79 Å². The normalized spacial score (nSPS) is 15.2. The summed E-state index contributed by atoms with van der Waals surface area (Å²) in [6.07, 6.45) is 12.9. The monoisotopic (exact) mass is 431 g/mol. The van der Waals surface area contributed by atoms with Crippen LogP contribution in [0.3, 0.4) is 0 Å². The summed E-state index contributed by atoms with van der Waals surface area (Å²) in [5, 5.41) is 9.71. The molecule has 0 unspecified atom stereocenters. The molecule has 0 saturated heterocycles. The summed E-state index contributed by atoms with van der Waals surface area (Å²) in [6, 6.07) is 16.4. The molecule has 1 saturated carbocycles. The smallest absolute Gasteiger partial charge is 0.321 e. The van der Waals surface area contributed by atoms with Crippen LogP contribution in [-0.2, 0) is 23.1 Å². The van der Waals surface area contributed by atoms with E-state index in [0.717, 1.165) is 62.5 Å². The molecule has 0 N–H and O–H groups in total. The molecule has 1 fully saturated rings. The second kappa shape index (κ2) is 11.9. The quantitative estimate of drug-likeness (QED) is 0.223. The van der Waals surface area contributed by atoms with Crippen molar-refractivity contribution in [2.45, 2.75) is 96.3 Å². The zero-order chi connectivity index (χ0) is 22.8. The van der Waals surface area contributed by atoms with Crippen LogP contribution in [0.15, 0.2) is 42.5 Å². The molecule has 3 nitrogen and oxygen atoms in total. The van der Waals surface area contributed by atoms with E-state index in [1.807, 2.05) is 18.2 Å². The van der Waals surface area contributed by atoms with E-state index in [9.17, 15) is 10.1 Å². The van der Waals surface area contributed by atoms with Crippen LogP contribution in [0.2, 0.25) is 0 Å². The van der Waals surface area contributed by atoms with Gasteiger partial charge in [0, 0.05) is 0 Å². The zero-order valence-electron chi connectivity index (χ0n) is 19.8.